The summed E-state index contributed by atoms with van der Waals surface area (Å²) in [6.07, 6.45) is 0. The molecule has 2 aromatic carbocycles. The Morgan fingerprint density at radius 2 is 1.82 bits per heavy atom. The summed E-state index contributed by atoms with van der Waals surface area (Å²) in [7, 11) is 1.37. The van der Waals surface area contributed by atoms with Gasteiger partial charge in [0.05, 0.1) is 18.4 Å². The first-order valence-corrected chi connectivity index (χ1v) is 7.55. The Morgan fingerprint density at radius 1 is 1.09 bits per heavy atom. The number of methoxy groups -OCH3 is 1. The number of anilines is 1. The summed E-state index contributed by atoms with van der Waals surface area (Å²) < 4.78 is 4.70. The van der Waals surface area contributed by atoms with Gasteiger partial charge in [0.15, 0.2) is 5.13 Å². The average molecular weight is 310 g/mol. The molecular weight excluding hydrogens is 296 g/mol. The molecule has 0 atom stereocenters. The van der Waals surface area contributed by atoms with Gasteiger partial charge in [-0.15, -0.1) is 11.3 Å². The van der Waals surface area contributed by atoms with Gasteiger partial charge in [0.25, 0.3) is 0 Å². The first-order chi connectivity index (χ1) is 10.7. The van der Waals surface area contributed by atoms with Gasteiger partial charge in [0.2, 0.25) is 0 Å². The van der Waals surface area contributed by atoms with Crippen LogP contribution in [0.5, 0.6) is 0 Å². The Morgan fingerprint density at radius 3 is 2.45 bits per heavy atom. The molecule has 0 bridgehead atoms. The fraction of sp³-hybridized carbons (Fsp3) is 0.0588. The minimum absolute atomic E-state index is 0.335. The summed E-state index contributed by atoms with van der Waals surface area (Å²) >= 11 is 1.42. The second-order valence-electron chi connectivity index (χ2n) is 4.72. The Labute approximate surface area is 132 Å². The van der Waals surface area contributed by atoms with E-state index in [1.54, 1.807) is 12.1 Å². The van der Waals surface area contributed by atoms with Gasteiger partial charge >= 0.3 is 5.97 Å². The first kappa shape index (κ1) is 14.3. The van der Waals surface area contributed by atoms with E-state index in [-0.39, 0.29) is 5.97 Å². The van der Waals surface area contributed by atoms with Crippen molar-refractivity contribution < 1.29 is 9.53 Å². The summed E-state index contributed by atoms with van der Waals surface area (Å²) in [6.45, 7) is 0. The lowest BCUT2D eigenvalue weighted by atomic mass is 10.0. The van der Waals surface area contributed by atoms with E-state index < -0.39 is 0 Å². The topological polar surface area (TPSA) is 65.2 Å². The normalized spacial score (nSPS) is 10.4. The fourth-order valence-corrected chi connectivity index (χ4v) is 2.77. The number of hydrogen-bond donors (Lipinski definition) is 1. The van der Waals surface area contributed by atoms with Crippen molar-refractivity contribution in [3.63, 3.8) is 0 Å². The third-order valence-corrected chi connectivity index (χ3v) is 3.99. The molecule has 1 aromatic heterocycles. The number of esters is 1. The highest BCUT2D eigenvalue weighted by Crippen LogP contribution is 2.28. The van der Waals surface area contributed by atoms with Crippen LogP contribution in [0.3, 0.4) is 0 Å². The van der Waals surface area contributed by atoms with Crippen LogP contribution >= 0.6 is 11.3 Å². The predicted molar refractivity (Wildman–Crippen MR) is 88.7 cm³/mol. The molecule has 4 nitrogen and oxygen atoms in total. The van der Waals surface area contributed by atoms with Crippen LogP contribution in [-0.2, 0) is 4.74 Å². The van der Waals surface area contributed by atoms with Crippen molar-refractivity contribution in [2.24, 2.45) is 0 Å². The van der Waals surface area contributed by atoms with E-state index in [4.69, 9.17) is 10.5 Å². The number of hydrogen-bond acceptors (Lipinski definition) is 5. The van der Waals surface area contributed by atoms with Crippen LogP contribution in [0.2, 0.25) is 0 Å². The molecule has 0 saturated heterocycles. The van der Waals surface area contributed by atoms with Crippen molar-refractivity contribution >= 4 is 22.4 Å². The first-order valence-electron chi connectivity index (χ1n) is 6.67. The molecule has 3 aromatic rings. The lowest BCUT2D eigenvalue weighted by Crippen LogP contribution is -2.00. The summed E-state index contributed by atoms with van der Waals surface area (Å²) in [5.41, 5.74) is 10.2. The van der Waals surface area contributed by atoms with Gasteiger partial charge in [-0.1, -0.05) is 30.3 Å². The Kier molecular flexibility index (Phi) is 3.89. The summed E-state index contributed by atoms with van der Waals surface area (Å²) in [6, 6.07) is 15.4. The molecule has 0 radical (unpaired) electrons. The van der Waals surface area contributed by atoms with E-state index in [9.17, 15) is 4.79 Å². The maximum Gasteiger partial charge on any atom is 0.337 e. The SMILES string of the molecule is COC(=O)c1ccc(-c2cccc(-c3csc(N)n3)c2)cc1. The molecule has 0 saturated carbocycles. The minimum atomic E-state index is -0.335. The molecule has 0 amide bonds. The van der Waals surface area contributed by atoms with E-state index in [0.717, 1.165) is 22.4 Å². The quantitative estimate of drug-likeness (QED) is 0.746. The number of carbonyl (C=O) groups excluding carboxylic acids is 1. The molecule has 0 aliphatic carbocycles. The van der Waals surface area contributed by atoms with Crippen molar-refractivity contribution in [2.45, 2.75) is 0 Å². The van der Waals surface area contributed by atoms with Gasteiger partial charge in [-0.2, -0.15) is 0 Å². The second kappa shape index (κ2) is 5.99. The predicted octanol–water partition coefficient (Wildman–Crippen LogP) is 3.85. The number of nitrogens with zero attached hydrogens (tertiary/aromatic N) is 1. The smallest absolute Gasteiger partial charge is 0.337 e. The third-order valence-electron chi connectivity index (χ3n) is 3.32. The van der Waals surface area contributed by atoms with E-state index in [1.807, 2.05) is 35.7 Å². The second-order valence-corrected chi connectivity index (χ2v) is 5.61. The molecule has 0 aliphatic rings. The standard InChI is InChI=1S/C17H14N2O2S/c1-21-16(20)12-7-5-11(6-8-12)13-3-2-4-14(9-13)15-10-22-17(18)19-15/h2-10H,1H3,(H2,18,19). The number of rotatable bonds is 3. The van der Waals surface area contributed by atoms with Gasteiger partial charge in [-0.3, -0.25) is 0 Å². The van der Waals surface area contributed by atoms with Gasteiger partial charge in [-0.25, -0.2) is 9.78 Å². The molecule has 110 valence electrons. The van der Waals surface area contributed by atoms with Crippen molar-refractivity contribution in [3.05, 3.63) is 59.5 Å². The average Bonchev–Trinajstić information content (AvgIpc) is 3.01. The molecular formula is C17H14N2O2S. The Bertz CT molecular complexity index is 810. The molecule has 22 heavy (non-hydrogen) atoms. The van der Waals surface area contributed by atoms with Crippen LogP contribution in [0.1, 0.15) is 10.4 Å². The molecule has 0 unspecified atom stereocenters. The highest BCUT2D eigenvalue weighted by Gasteiger charge is 2.07. The van der Waals surface area contributed by atoms with E-state index in [0.29, 0.717) is 10.7 Å². The molecule has 0 fully saturated rings. The number of thiazole rings is 1. The molecule has 3 rings (SSSR count). The van der Waals surface area contributed by atoms with Crippen molar-refractivity contribution in [1.29, 1.82) is 0 Å². The summed E-state index contributed by atoms with van der Waals surface area (Å²) in [5, 5.41) is 2.50. The lowest BCUT2D eigenvalue weighted by Gasteiger charge is -2.05. The molecule has 5 heteroatoms. The van der Waals surface area contributed by atoms with Crippen molar-refractivity contribution in [1.82, 2.24) is 4.98 Å². The van der Waals surface area contributed by atoms with Crippen molar-refractivity contribution in [3.8, 4) is 22.4 Å². The number of aromatic nitrogens is 1. The Balaban J connectivity index is 1.93. The van der Waals surface area contributed by atoms with E-state index in [2.05, 4.69) is 11.1 Å². The van der Waals surface area contributed by atoms with Crippen LogP contribution < -0.4 is 5.73 Å². The van der Waals surface area contributed by atoms with Crippen LogP contribution in [0, 0.1) is 0 Å². The summed E-state index contributed by atoms with van der Waals surface area (Å²) in [4.78, 5) is 15.8. The molecule has 0 spiro atoms. The minimum Gasteiger partial charge on any atom is -0.465 e. The number of nitrogen functional groups attached to an aromatic ring is 1. The largest absolute Gasteiger partial charge is 0.465 e. The van der Waals surface area contributed by atoms with Gasteiger partial charge < -0.3 is 10.5 Å². The van der Waals surface area contributed by atoms with Crippen LogP contribution in [0.15, 0.2) is 53.9 Å². The van der Waals surface area contributed by atoms with E-state index in [1.165, 1.54) is 18.4 Å². The number of benzene rings is 2. The van der Waals surface area contributed by atoms with Gasteiger partial charge in [0, 0.05) is 10.9 Å². The number of carbonyl (C=O) groups is 1. The highest BCUT2D eigenvalue weighted by atomic mass is 32.1. The van der Waals surface area contributed by atoms with Gasteiger partial charge in [0.1, 0.15) is 0 Å². The zero-order valence-corrected chi connectivity index (χ0v) is 12.8. The zero-order valence-electron chi connectivity index (χ0n) is 11.9. The molecule has 0 aliphatic heterocycles. The molecule has 2 N–H and O–H groups in total. The Hall–Kier alpha value is -2.66. The van der Waals surface area contributed by atoms with E-state index >= 15 is 0 Å². The summed E-state index contributed by atoms with van der Waals surface area (Å²) in [5.74, 6) is -0.335. The number of nitrogens with two attached hydrogens (primary N) is 1. The molecule has 1 heterocycles. The lowest BCUT2D eigenvalue weighted by molar-refractivity contribution is 0.0601. The van der Waals surface area contributed by atoms with Crippen molar-refractivity contribution in [2.75, 3.05) is 12.8 Å². The maximum absolute atomic E-state index is 11.5. The van der Waals surface area contributed by atoms with Crippen LogP contribution in [-0.4, -0.2) is 18.1 Å². The maximum atomic E-state index is 11.5. The third kappa shape index (κ3) is 2.84. The van der Waals surface area contributed by atoms with Crippen LogP contribution in [0.4, 0.5) is 5.13 Å². The van der Waals surface area contributed by atoms with Crippen LogP contribution in [0.25, 0.3) is 22.4 Å². The highest BCUT2D eigenvalue weighted by molar-refractivity contribution is 7.13. The monoisotopic (exact) mass is 310 g/mol. The fourth-order valence-electron chi connectivity index (χ4n) is 2.19. The van der Waals surface area contributed by atoms with Gasteiger partial charge in [-0.05, 0) is 29.3 Å². The zero-order chi connectivity index (χ0) is 15.5. The number of ether oxygens (including phenoxy) is 1.